The van der Waals surface area contributed by atoms with Crippen molar-refractivity contribution in [3.63, 3.8) is 0 Å². The molecule has 9 heteroatoms. The molecule has 0 amide bonds. The van der Waals surface area contributed by atoms with Crippen LogP contribution in [-0.2, 0) is 26.1 Å². The molecule has 0 bridgehead atoms. The van der Waals surface area contributed by atoms with Crippen LogP contribution in [0.5, 0.6) is 0 Å². The number of tetrazole rings is 1. The summed E-state index contributed by atoms with van der Waals surface area (Å²) in [4.78, 5) is 18.3. The molecule has 2 aromatic carbocycles. The van der Waals surface area contributed by atoms with Crippen LogP contribution < -0.4 is 5.56 Å². The molecule has 0 aliphatic rings. The summed E-state index contributed by atoms with van der Waals surface area (Å²) in [5.41, 5.74) is 3.45. The van der Waals surface area contributed by atoms with Gasteiger partial charge in [0.25, 0.3) is 5.56 Å². The van der Waals surface area contributed by atoms with E-state index in [0.717, 1.165) is 28.6 Å². The van der Waals surface area contributed by atoms with Crippen LogP contribution in [0, 0.1) is 5.82 Å². The molecule has 0 saturated carbocycles. The number of furan rings is 1. The van der Waals surface area contributed by atoms with E-state index < -0.39 is 0 Å². The molecule has 0 radical (unpaired) electrons. The van der Waals surface area contributed by atoms with E-state index in [1.165, 1.54) is 17.7 Å². The van der Waals surface area contributed by atoms with Gasteiger partial charge in [-0.15, -0.1) is 5.10 Å². The Morgan fingerprint density at radius 3 is 2.59 bits per heavy atom. The summed E-state index contributed by atoms with van der Waals surface area (Å²) in [6, 6.07) is 18.0. The Labute approximate surface area is 213 Å². The molecule has 190 valence electrons. The Kier molecular flexibility index (Phi) is 7.23. The third-order valence-corrected chi connectivity index (χ3v) is 6.64. The van der Waals surface area contributed by atoms with Crippen molar-refractivity contribution < 1.29 is 8.81 Å². The second kappa shape index (κ2) is 10.9. The average molecular weight is 501 g/mol. The molecule has 0 fully saturated rings. The Morgan fingerprint density at radius 2 is 1.86 bits per heavy atom. The third-order valence-electron chi connectivity index (χ3n) is 6.64. The van der Waals surface area contributed by atoms with Crippen LogP contribution in [0.4, 0.5) is 4.39 Å². The molecule has 3 heterocycles. The molecular weight excluding hydrogens is 471 g/mol. The number of benzene rings is 2. The summed E-state index contributed by atoms with van der Waals surface area (Å²) < 4.78 is 20.8. The molecule has 3 aromatic heterocycles. The standard InChI is InChI=1S/C28H29FN6O2/c1-3-19-9-12-25-21(14-19)15-22(28(36)30-25)17-34(16-20-7-10-23(29)11-8-20)26(4-2)27-31-32-33-35(27)18-24-6-5-13-37-24/h5-15,26H,3-4,16-18H2,1-2H3,(H,30,36). The first-order valence-electron chi connectivity index (χ1n) is 12.5. The molecule has 0 aliphatic heterocycles. The number of rotatable bonds is 10. The maximum atomic E-state index is 13.6. The van der Waals surface area contributed by atoms with Crippen molar-refractivity contribution in [2.45, 2.75) is 52.4 Å². The highest BCUT2D eigenvalue weighted by atomic mass is 19.1. The van der Waals surface area contributed by atoms with Gasteiger partial charge in [0, 0.05) is 24.2 Å². The molecule has 0 aliphatic carbocycles. The van der Waals surface area contributed by atoms with E-state index in [9.17, 15) is 9.18 Å². The van der Waals surface area contributed by atoms with Gasteiger partial charge in [-0.3, -0.25) is 9.69 Å². The van der Waals surface area contributed by atoms with Crippen molar-refractivity contribution in [3.05, 3.63) is 111 Å². The Hall–Kier alpha value is -4.11. The van der Waals surface area contributed by atoms with Crippen molar-refractivity contribution in [1.82, 2.24) is 30.1 Å². The molecule has 0 spiro atoms. The topological polar surface area (TPSA) is 92.8 Å². The lowest BCUT2D eigenvalue weighted by Gasteiger charge is -2.30. The van der Waals surface area contributed by atoms with Crippen LogP contribution in [0.2, 0.25) is 0 Å². The fourth-order valence-electron chi connectivity index (χ4n) is 4.68. The van der Waals surface area contributed by atoms with Crippen molar-refractivity contribution >= 4 is 10.9 Å². The van der Waals surface area contributed by atoms with Gasteiger partial charge in [-0.05, 0) is 82.2 Å². The van der Waals surface area contributed by atoms with E-state index in [0.29, 0.717) is 37.4 Å². The summed E-state index contributed by atoms with van der Waals surface area (Å²) in [7, 11) is 0. The SMILES string of the molecule is CCc1ccc2[nH]c(=O)c(CN(Cc3ccc(F)cc3)C(CC)c3nnnn3Cc3ccco3)cc2c1. The second-order valence-electron chi connectivity index (χ2n) is 9.13. The summed E-state index contributed by atoms with van der Waals surface area (Å²) in [5, 5.41) is 13.5. The van der Waals surface area contributed by atoms with Crippen LogP contribution in [0.1, 0.15) is 54.6 Å². The summed E-state index contributed by atoms with van der Waals surface area (Å²) >= 11 is 0. The molecule has 37 heavy (non-hydrogen) atoms. The molecule has 0 saturated heterocycles. The highest BCUT2D eigenvalue weighted by Gasteiger charge is 2.26. The molecule has 8 nitrogen and oxygen atoms in total. The van der Waals surface area contributed by atoms with E-state index in [4.69, 9.17) is 4.42 Å². The highest BCUT2D eigenvalue weighted by molar-refractivity contribution is 5.79. The number of aryl methyl sites for hydroxylation is 1. The molecule has 5 aromatic rings. The largest absolute Gasteiger partial charge is 0.467 e. The lowest BCUT2D eigenvalue weighted by atomic mass is 10.1. The Bertz CT molecular complexity index is 1520. The van der Waals surface area contributed by atoms with E-state index in [1.807, 2.05) is 30.3 Å². The first kappa shape index (κ1) is 24.6. The number of pyridine rings is 1. The lowest BCUT2D eigenvalue weighted by Crippen LogP contribution is -2.32. The van der Waals surface area contributed by atoms with Gasteiger partial charge in [0.05, 0.1) is 12.3 Å². The van der Waals surface area contributed by atoms with Gasteiger partial charge in [0.1, 0.15) is 18.1 Å². The van der Waals surface area contributed by atoms with Crippen molar-refractivity contribution in [2.75, 3.05) is 0 Å². The van der Waals surface area contributed by atoms with Gasteiger partial charge in [-0.2, -0.15) is 0 Å². The number of aromatic nitrogens is 5. The zero-order valence-corrected chi connectivity index (χ0v) is 20.9. The minimum absolute atomic E-state index is 0.133. The summed E-state index contributed by atoms with van der Waals surface area (Å²) in [5.74, 6) is 1.13. The van der Waals surface area contributed by atoms with Crippen LogP contribution in [0.3, 0.4) is 0 Å². The molecular formula is C28H29FN6O2. The number of fused-ring (bicyclic) bond motifs is 1. The highest BCUT2D eigenvalue weighted by Crippen LogP contribution is 2.27. The van der Waals surface area contributed by atoms with E-state index >= 15 is 0 Å². The van der Waals surface area contributed by atoms with Crippen molar-refractivity contribution in [3.8, 4) is 0 Å². The first-order chi connectivity index (χ1) is 18.0. The Balaban J connectivity index is 1.52. The number of nitrogens with one attached hydrogen (secondary N) is 1. The fraction of sp³-hybridized carbons (Fsp3) is 0.286. The average Bonchev–Trinajstić information content (AvgIpc) is 3.59. The number of H-pyrrole nitrogens is 1. The van der Waals surface area contributed by atoms with E-state index in [2.05, 4.69) is 45.3 Å². The zero-order valence-electron chi connectivity index (χ0n) is 20.9. The maximum absolute atomic E-state index is 13.6. The first-order valence-corrected chi connectivity index (χ1v) is 12.5. The van der Waals surface area contributed by atoms with Crippen LogP contribution >= 0.6 is 0 Å². The minimum atomic E-state index is -0.289. The van der Waals surface area contributed by atoms with Crippen molar-refractivity contribution in [2.24, 2.45) is 0 Å². The molecule has 1 unspecified atom stereocenters. The molecule has 5 rings (SSSR count). The van der Waals surface area contributed by atoms with Gasteiger partial charge in [0.15, 0.2) is 5.82 Å². The normalized spacial score (nSPS) is 12.4. The number of hydrogen-bond acceptors (Lipinski definition) is 6. The lowest BCUT2D eigenvalue weighted by molar-refractivity contribution is 0.161. The predicted molar refractivity (Wildman–Crippen MR) is 138 cm³/mol. The maximum Gasteiger partial charge on any atom is 0.252 e. The van der Waals surface area contributed by atoms with Crippen LogP contribution in [-0.4, -0.2) is 30.1 Å². The van der Waals surface area contributed by atoms with E-state index in [-0.39, 0.29) is 17.4 Å². The van der Waals surface area contributed by atoms with Gasteiger partial charge in [-0.1, -0.05) is 32.0 Å². The smallest absolute Gasteiger partial charge is 0.252 e. The van der Waals surface area contributed by atoms with Gasteiger partial charge >= 0.3 is 0 Å². The van der Waals surface area contributed by atoms with Crippen LogP contribution in [0.15, 0.2) is 76.1 Å². The second-order valence-corrected chi connectivity index (χ2v) is 9.13. The summed E-state index contributed by atoms with van der Waals surface area (Å²) in [6.07, 6.45) is 3.23. The number of halogens is 1. The van der Waals surface area contributed by atoms with Gasteiger partial charge in [0.2, 0.25) is 0 Å². The zero-order chi connectivity index (χ0) is 25.8. The quantitative estimate of drug-likeness (QED) is 0.290. The fourth-order valence-corrected chi connectivity index (χ4v) is 4.68. The number of nitrogens with zero attached hydrogens (tertiary/aromatic N) is 5. The third kappa shape index (κ3) is 5.51. The predicted octanol–water partition coefficient (Wildman–Crippen LogP) is 5.01. The van der Waals surface area contributed by atoms with Gasteiger partial charge in [-0.25, -0.2) is 9.07 Å². The number of hydrogen-bond donors (Lipinski definition) is 1. The summed E-state index contributed by atoms with van der Waals surface area (Å²) in [6.45, 7) is 5.42. The minimum Gasteiger partial charge on any atom is -0.467 e. The van der Waals surface area contributed by atoms with E-state index in [1.54, 1.807) is 23.1 Å². The van der Waals surface area contributed by atoms with Gasteiger partial charge < -0.3 is 9.40 Å². The van der Waals surface area contributed by atoms with Crippen molar-refractivity contribution in [1.29, 1.82) is 0 Å². The molecule has 1 N–H and O–H groups in total. The monoisotopic (exact) mass is 500 g/mol. The molecule has 1 atom stereocenters. The number of aromatic amines is 1. The Morgan fingerprint density at radius 1 is 1.05 bits per heavy atom. The van der Waals surface area contributed by atoms with Crippen LogP contribution in [0.25, 0.3) is 10.9 Å².